The van der Waals surface area contributed by atoms with Gasteiger partial charge in [0.25, 0.3) is 0 Å². The molecule has 33 heavy (non-hydrogen) atoms. The zero-order valence-electron chi connectivity index (χ0n) is 19.5. The Morgan fingerprint density at radius 3 is 2.61 bits per heavy atom. The van der Waals surface area contributed by atoms with E-state index in [2.05, 4.69) is 32.3 Å². The van der Waals surface area contributed by atoms with Gasteiger partial charge in [-0.1, -0.05) is 11.8 Å². The van der Waals surface area contributed by atoms with Crippen molar-refractivity contribution in [3.05, 3.63) is 17.7 Å². The predicted octanol–water partition coefficient (Wildman–Crippen LogP) is 2.09. The standard InChI is InChI=1S/C25H34N6O2/c1-32-23-16-21-22(15-19(23)7-6-11-30-9-2-3-10-30)28-25(31-12-4-5-13-31)29-24(21)27-8-14-33-20-17-26-18-20/h15-16,20,26H,2-5,8-14,17-18H2,1H3,(H,27,28,29). The van der Waals surface area contributed by atoms with Crippen molar-refractivity contribution in [3.63, 3.8) is 0 Å². The Morgan fingerprint density at radius 1 is 1.09 bits per heavy atom. The fourth-order valence-corrected chi connectivity index (χ4v) is 4.57. The highest BCUT2D eigenvalue weighted by Gasteiger charge is 2.20. The maximum absolute atomic E-state index is 5.87. The summed E-state index contributed by atoms with van der Waals surface area (Å²) >= 11 is 0. The number of rotatable bonds is 8. The molecule has 0 bridgehead atoms. The number of anilines is 2. The third-order valence-electron chi connectivity index (χ3n) is 6.61. The van der Waals surface area contributed by atoms with Crippen LogP contribution in [0, 0.1) is 11.8 Å². The van der Waals surface area contributed by atoms with Crippen LogP contribution in [0.5, 0.6) is 5.75 Å². The van der Waals surface area contributed by atoms with Gasteiger partial charge in [0.1, 0.15) is 11.6 Å². The Balaban J connectivity index is 1.41. The van der Waals surface area contributed by atoms with Crippen molar-refractivity contribution in [1.29, 1.82) is 0 Å². The molecule has 4 heterocycles. The number of methoxy groups -OCH3 is 1. The van der Waals surface area contributed by atoms with E-state index in [0.717, 1.165) is 79.8 Å². The van der Waals surface area contributed by atoms with Gasteiger partial charge in [0, 0.05) is 38.1 Å². The lowest BCUT2D eigenvalue weighted by molar-refractivity contribution is 0.0250. The van der Waals surface area contributed by atoms with Crippen LogP contribution >= 0.6 is 0 Å². The Bertz CT molecular complexity index is 1020. The van der Waals surface area contributed by atoms with E-state index in [1.54, 1.807) is 7.11 Å². The van der Waals surface area contributed by atoms with E-state index in [0.29, 0.717) is 19.3 Å². The summed E-state index contributed by atoms with van der Waals surface area (Å²) in [5, 5.41) is 7.67. The summed E-state index contributed by atoms with van der Waals surface area (Å²) in [5.41, 5.74) is 1.77. The predicted molar refractivity (Wildman–Crippen MR) is 131 cm³/mol. The van der Waals surface area contributed by atoms with Gasteiger partial charge >= 0.3 is 0 Å². The fourth-order valence-electron chi connectivity index (χ4n) is 4.57. The minimum Gasteiger partial charge on any atom is -0.495 e. The first-order valence-corrected chi connectivity index (χ1v) is 12.2. The summed E-state index contributed by atoms with van der Waals surface area (Å²) in [7, 11) is 1.69. The van der Waals surface area contributed by atoms with Crippen LogP contribution in [-0.4, -0.2) is 87.0 Å². The molecule has 0 spiro atoms. The Hall–Kier alpha value is -2.60. The zero-order chi connectivity index (χ0) is 22.5. The number of hydrogen-bond acceptors (Lipinski definition) is 8. The molecule has 2 aromatic rings. The molecule has 0 amide bonds. The van der Waals surface area contributed by atoms with Crippen molar-refractivity contribution in [1.82, 2.24) is 20.2 Å². The van der Waals surface area contributed by atoms with Crippen LogP contribution in [0.15, 0.2) is 12.1 Å². The molecule has 0 saturated carbocycles. The highest BCUT2D eigenvalue weighted by atomic mass is 16.5. The van der Waals surface area contributed by atoms with Crippen LogP contribution in [0.3, 0.4) is 0 Å². The van der Waals surface area contributed by atoms with Crippen molar-refractivity contribution in [2.45, 2.75) is 31.8 Å². The molecule has 2 N–H and O–H groups in total. The quantitative estimate of drug-likeness (QED) is 0.468. The average Bonchev–Trinajstić information content (AvgIpc) is 3.51. The summed E-state index contributed by atoms with van der Waals surface area (Å²) in [4.78, 5) is 14.5. The number of hydrogen-bond donors (Lipinski definition) is 2. The van der Waals surface area contributed by atoms with E-state index < -0.39 is 0 Å². The number of ether oxygens (including phenoxy) is 2. The van der Waals surface area contributed by atoms with E-state index >= 15 is 0 Å². The Labute approximate surface area is 196 Å². The van der Waals surface area contributed by atoms with Crippen LogP contribution in [-0.2, 0) is 4.74 Å². The Morgan fingerprint density at radius 2 is 1.88 bits per heavy atom. The van der Waals surface area contributed by atoms with E-state index in [4.69, 9.17) is 19.4 Å². The van der Waals surface area contributed by atoms with E-state index in [-0.39, 0.29) is 0 Å². The number of likely N-dealkylation sites (tertiary alicyclic amines) is 1. The lowest BCUT2D eigenvalue weighted by Crippen LogP contribution is -2.48. The first-order valence-electron chi connectivity index (χ1n) is 12.2. The summed E-state index contributed by atoms with van der Waals surface area (Å²) in [6.45, 7) is 8.31. The largest absolute Gasteiger partial charge is 0.495 e. The molecular formula is C25H34N6O2. The van der Waals surface area contributed by atoms with Gasteiger partial charge in [0.15, 0.2) is 0 Å². The number of benzene rings is 1. The van der Waals surface area contributed by atoms with Gasteiger partial charge in [0.2, 0.25) is 5.95 Å². The lowest BCUT2D eigenvalue weighted by atomic mass is 10.1. The SMILES string of the molecule is COc1cc2c(NCCOC3CNC3)nc(N3CCCC3)nc2cc1C#CCN1CCCC1. The molecule has 3 saturated heterocycles. The van der Waals surface area contributed by atoms with Gasteiger partial charge in [-0.05, 0) is 50.9 Å². The molecule has 8 nitrogen and oxygen atoms in total. The first-order chi connectivity index (χ1) is 16.3. The van der Waals surface area contributed by atoms with Crippen molar-refractivity contribution in [3.8, 4) is 17.6 Å². The lowest BCUT2D eigenvalue weighted by Gasteiger charge is -2.27. The van der Waals surface area contributed by atoms with Crippen molar-refractivity contribution in [2.24, 2.45) is 0 Å². The molecule has 1 aromatic heterocycles. The average molecular weight is 451 g/mol. The van der Waals surface area contributed by atoms with Crippen LogP contribution in [0.25, 0.3) is 10.9 Å². The van der Waals surface area contributed by atoms with Crippen LogP contribution in [0.4, 0.5) is 11.8 Å². The molecule has 5 rings (SSSR count). The molecule has 0 radical (unpaired) electrons. The van der Waals surface area contributed by atoms with Gasteiger partial charge in [0.05, 0.1) is 37.4 Å². The molecule has 3 aliphatic rings. The number of nitrogens with zero attached hydrogens (tertiary/aromatic N) is 4. The summed E-state index contributed by atoms with van der Waals surface area (Å²) in [6.07, 6.45) is 5.24. The third-order valence-corrected chi connectivity index (χ3v) is 6.61. The molecule has 176 valence electrons. The maximum atomic E-state index is 5.87. The number of nitrogens with one attached hydrogen (secondary N) is 2. The van der Waals surface area contributed by atoms with Gasteiger partial charge in [-0.3, -0.25) is 4.90 Å². The smallest absolute Gasteiger partial charge is 0.227 e. The second-order valence-electron chi connectivity index (χ2n) is 9.00. The summed E-state index contributed by atoms with van der Waals surface area (Å²) < 4.78 is 11.6. The highest BCUT2D eigenvalue weighted by molar-refractivity contribution is 5.92. The molecule has 3 aliphatic heterocycles. The molecule has 0 aliphatic carbocycles. The van der Waals surface area contributed by atoms with Crippen molar-refractivity contribution in [2.75, 3.05) is 76.3 Å². The van der Waals surface area contributed by atoms with Crippen molar-refractivity contribution < 1.29 is 9.47 Å². The van der Waals surface area contributed by atoms with Gasteiger partial charge in [-0.2, -0.15) is 4.98 Å². The molecule has 8 heteroatoms. The molecule has 3 fully saturated rings. The normalized spacial score (nSPS) is 18.9. The number of aromatic nitrogens is 2. The fraction of sp³-hybridized carbons (Fsp3) is 0.600. The second-order valence-corrected chi connectivity index (χ2v) is 9.00. The summed E-state index contributed by atoms with van der Waals surface area (Å²) in [6, 6.07) is 4.07. The van der Waals surface area contributed by atoms with E-state index in [1.807, 2.05) is 12.1 Å². The van der Waals surface area contributed by atoms with Gasteiger partial charge < -0.3 is 25.0 Å². The molecule has 0 atom stereocenters. The second kappa shape index (κ2) is 10.6. The topological polar surface area (TPSA) is 74.8 Å². The maximum Gasteiger partial charge on any atom is 0.227 e. The van der Waals surface area contributed by atoms with E-state index in [9.17, 15) is 0 Å². The van der Waals surface area contributed by atoms with Crippen molar-refractivity contribution >= 4 is 22.7 Å². The molecule has 1 aromatic carbocycles. The first kappa shape index (κ1) is 22.2. The minimum absolute atomic E-state index is 0.330. The van der Waals surface area contributed by atoms with Crippen LogP contribution in [0.1, 0.15) is 31.2 Å². The van der Waals surface area contributed by atoms with E-state index in [1.165, 1.54) is 25.7 Å². The monoisotopic (exact) mass is 450 g/mol. The van der Waals surface area contributed by atoms with Crippen LogP contribution in [0.2, 0.25) is 0 Å². The van der Waals surface area contributed by atoms with Gasteiger partial charge in [-0.25, -0.2) is 4.98 Å². The summed E-state index contributed by atoms with van der Waals surface area (Å²) in [5.74, 6) is 9.04. The highest BCUT2D eigenvalue weighted by Crippen LogP contribution is 2.31. The third kappa shape index (κ3) is 5.32. The van der Waals surface area contributed by atoms with Gasteiger partial charge in [-0.15, -0.1) is 0 Å². The zero-order valence-corrected chi connectivity index (χ0v) is 19.5. The van der Waals surface area contributed by atoms with Crippen LogP contribution < -0.4 is 20.3 Å². The molecule has 0 unspecified atom stereocenters. The number of fused-ring (bicyclic) bond motifs is 1. The molecular weight excluding hydrogens is 416 g/mol. The Kier molecular flexibility index (Phi) is 7.10. The minimum atomic E-state index is 0.330.